The molecule has 0 aliphatic rings. The minimum Gasteiger partial charge on any atom is -0.293 e. The minimum atomic E-state index is -0.308. The zero-order valence-electron chi connectivity index (χ0n) is 11.2. The van der Waals surface area contributed by atoms with Gasteiger partial charge in [-0.15, -0.1) is 11.3 Å². The average Bonchev–Trinajstić information content (AvgIpc) is 2.97. The van der Waals surface area contributed by atoms with Crippen molar-refractivity contribution >= 4 is 38.5 Å². The van der Waals surface area contributed by atoms with Crippen LogP contribution in [0.15, 0.2) is 10.8 Å². The second kappa shape index (κ2) is 7.15. The number of fused-ring (bicyclic) bond motifs is 1. The van der Waals surface area contributed by atoms with Gasteiger partial charge in [-0.2, -0.15) is 11.3 Å². The van der Waals surface area contributed by atoms with Gasteiger partial charge in [0, 0.05) is 27.3 Å². The normalized spacial score (nSPS) is 11.3. The van der Waals surface area contributed by atoms with E-state index in [4.69, 9.17) is 0 Å². The summed E-state index contributed by atoms with van der Waals surface area (Å²) in [6.45, 7) is 2.19. The predicted molar refractivity (Wildman–Crippen MR) is 82.0 cm³/mol. The van der Waals surface area contributed by atoms with Crippen molar-refractivity contribution in [2.24, 2.45) is 0 Å². The van der Waals surface area contributed by atoms with E-state index in [1.165, 1.54) is 48.4 Å². The maximum atomic E-state index is 14.0. The van der Waals surface area contributed by atoms with Crippen LogP contribution in [0.4, 0.5) is 4.39 Å². The molecule has 2 rings (SSSR count). The average molecular weight is 298 g/mol. The van der Waals surface area contributed by atoms with E-state index in [-0.39, 0.29) is 11.6 Å². The van der Waals surface area contributed by atoms with E-state index < -0.39 is 0 Å². The second-order valence-corrected chi connectivity index (χ2v) is 6.63. The van der Waals surface area contributed by atoms with Gasteiger partial charge in [-0.3, -0.25) is 4.79 Å². The van der Waals surface area contributed by atoms with Crippen molar-refractivity contribution in [2.75, 3.05) is 0 Å². The zero-order chi connectivity index (χ0) is 13.7. The summed E-state index contributed by atoms with van der Waals surface area (Å²) in [5.74, 6) is -0.337. The SMILES string of the molecule is CCCCCCCCC(=O)c1sc2cscc2c1F. The van der Waals surface area contributed by atoms with Gasteiger partial charge in [-0.1, -0.05) is 39.0 Å². The molecule has 0 unspecified atom stereocenters. The number of unbranched alkanes of at least 4 members (excludes halogenated alkanes) is 5. The first-order valence-corrected chi connectivity index (χ1v) is 8.67. The Morgan fingerprint density at radius 3 is 2.63 bits per heavy atom. The van der Waals surface area contributed by atoms with Gasteiger partial charge in [-0.05, 0) is 6.42 Å². The molecule has 0 aromatic carbocycles. The highest BCUT2D eigenvalue weighted by Crippen LogP contribution is 2.33. The molecule has 0 saturated carbocycles. The molecule has 4 heteroatoms. The molecule has 19 heavy (non-hydrogen) atoms. The number of rotatable bonds is 8. The fraction of sp³-hybridized carbons (Fsp3) is 0.533. The summed E-state index contributed by atoms with van der Waals surface area (Å²) < 4.78 is 14.9. The van der Waals surface area contributed by atoms with Crippen LogP contribution >= 0.6 is 22.7 Å². The Balaban J connectivity index is 1.83. The molecule has 2 heterocycles. The van der Waals surface area contributed by atoms with E-state index >= 15 is 0 Å². The molecule has 0 N–H and O–H groups in total. The Morgan fingerprint density at radius 1 is 1.16 bits per heavy atom. The van der Waals surface area contributed by atoms with Gasteiger partial charge in [-0.25, -0.2) is 4.39 Å². The third-order valence-corrected chi connectivity index (χ3v) is 5.35. The van der Waals surface area contributed by atoms with E-state index in [0.29, 0.717) is 16.7 Å². The van der Waals surface area contributed by atoms with Crippen LogP contribution in [0.3, 0.4) is 0 Å². The summed E-state index contributed by atoms with van der Waals surface area (Å²) in [4.78, 5) is 12.3. The van der Waals surface area contributed by atoms with E-state index in [2.05, 4.69) is 6.92 Å². The smallest absolute Gasteiger partial charge is 0.175 e. The number of hydrogen-bond acceptors (Lipinski definition) is 3. The molecule has 0 radical (unpaired) electrons. The van der Waals surface area contributed by atoms with Crippen LogP contribution in [-0.2, 0) is 0 Å². The van der Waals surface area contributed by atoms with E-state index in [9.17, 15) is 9.18 Å². The molecular weight excluding hydrogens is 279 g/mol. The summed E-state index contributed by atoms with van der Waals surface area (Å²) in [6.07, 6.45) is 7.37. The molecule has 0 bridgehead atoms. The van der Waals surface area contributed by atoms with Crippen molar-refractivity contribution in [1.29, 1.82) is 0 Å². The number of carbonyl (C=O) groups is 1. The van der Waals surface area contributed by atoms with Crippen molar-refractivity contribution in [3.63, 3.8) is 0 Å². The maximum absolute atomic E-state index is 14.0. The lowest BCUT2D eigenvalue weighted by atomic mass is 10.1. The largest absolute Gasteiger partial charge is 0.293 e. The van der Waals surface area contributed by atoms with Crippen molar-refractivity contribution in [3.8, 4) is 0 Å². The van der Waals surface area contributed by atoms with E-state index in [0.717, 1.165) is 17.5 Å². The molecule has 2 aromatic rings. The fourth-order valence-electron chi connectivity index (χ4n) is 2.16. The summed E-state index contributed by atoms with van der Waals surface area (Å²) in [5, 5.41) is 4.30. The summed E-state index contributed by atoms with van der Waals surface area (Å²) in [6, 6.07) is 0. The van der Waals surface area contributed by atoms with Crippen LogP contribution in [0, 0.1) is 5.82 Å². The first kappa shape index (κ1) is 14.7. The second-order valence-electron chi connectivity index (χ2n) is 4.84. The van der Waals surface area contributed by atoms with Gasteiger partial charge in [0.1, 0.15) is 4.88 Å². The highest BCUT2D eigenvalue weighted by atomic mass is 32.1. The molecule has 2 aromatic heterocycles. The van der Waals surface area contributed by atoms with Crippen LogP contribution in [0.2, 0.25) is 0 Å². The third kappa shape index (κ3) is 3.63. The van der Waals surface area contributed by atoms with Gasteiger partial charge in [0.05, 0.1) is 0 Å². The molecule has 0 saturated heterocycles. The number of Topliss-reactive ketones (excluding diaryl/α,β-unsaturated/α-hetero) is 1. The number of ketones is 1. The molecule has 0 aliphatic carbocycles. The number of hydrogen-bond donors (Lipinski definition) is 0. The quantitative estimate of drug-likeness (QED) is 0.429. The molecule has 0 spiro atoms. The summed E-state index contributed by atoms with van der Waals surface area (Å²) in [7, 11) is 0. The van der Waals surface area contributed by atoms with E-state index in [1.54, 1.807) is 5.38 Å². The zero-order valence-corrected chi connectivity index (χ0v) is 12.8. The van der Waals surface area contributed by atoms with Crippen LogP contribution in [0.5, 0.6) is 0 Å². The van der Waals surface area contributed by atoms with Gasteiger partial charge in [0.25, 0.3) is 0 Å². The highest BCUT2D eigenvalue weighted by molar-refractivity contribution is 7.24. The third-order valence-electron chi connectivity index (χ3n) is 3.28. The molecule has 0 atom stereocenters. The Hall–Kier alpha value is -0.740. The Labute approximate surface area is 121 Å². The lowest BCUT2D eigenvalue weighted by Gasteiger charge is -2.00. The highest BCUT2D eigenvalue weighted by Gasteiger charge is 2.18. The van der Waals surface area contributed by atoms with Crippen molar-refractivity contribution < 1.29 is 9.18 Å². The standard InChI is InChI=1S/C15H19FOS2/c1-2-3-4-5-6-7-8-12(17)15-14(16)11-9-18-10-13(11)19-15/h9-10H,2-8H2,1H3. The molecular formula is C15H19FOS2. The van der Waals surface area contributed by atoms with Crippen molar-refractivity contribution in [2.45, 2.75) is 51.9 Å². The fourth-order valence-corrected chi connectivity index (χ4v) is 4.17. The monoisotopic (exact) mass is 298 g/mol. The first-order valence-electron chi connectivity index (χ1n) is 6.91. The van der Waals surface area contributed by atoms with Gasteiger partial charge in [0.15, 0.2) is 11.6 Å². The van der Waals surface area contributed by atoms with Crippen LogP contribution < -0.4 is 0 Å². The first-order chi connectivity index (χ1) is 9.24. The Kier molecular flexibility index (Phi) is 5.52. The maximum Gasteiger partial charge on any atom is 0.175 e. The number of carbonyl (C=O) groups excluding carboxylic acids is 1. The molecule has 0 fully saturated rings. The van der Waals surface area contributed by atoms with Gasteiger partial charge < -0.3 is 0 Å². The lowest BCUT2D eigenvalue weighted by molar-refractivity contribution is 0.0979. The number of halogens is 1. The van der Waals surface area contributed by atoms with Gasteiger partial charge >= 0.3 is 0 Å². The Bertz CT molecular complexity index is 541. The van der Waals surface area contributed by atoms with Crippen molar-refractivity contribution in [3.05, 3.63) is 21.5 Å². The molecule has 0 aliphatic heterocycles. The van der Waals surface area contributed by atoms with Gasteiger partial charge in [0.2, 0.25) is 0 Å². The van der Waals surface area contributed by atoms with E-state index in [1.807, 2.05) is 5.38 Å². The minimum absolute atomic E-state index is 0.0285. The molecule has 1 nitrogen and oxygen atoms in total. The summed E-state index contributed by atoms with van der Waals surface area (Å²) in [5.41, 5.74) is 0. The topological polar surface area (TPSA) is 17.1 Å². The lowest BCUT2D eigenvalue weighted by Crippen LogP contribution is -1.98. The number of thiophene rings is 2. The summed E-state index contributed by atoms with van der Waals surface area (Å²) >= 11 is 2.78. The Morgan fingerprint density at radius 2 is 1.89 bits per heavy atom. The molecule has 0 amide bonds. The van der Waals surface area contributed by atoms with Crippen molar-refractivity contribution in [1.82, 2.24) is 0 Å². The van der Waals surface area contributed by atoms with Crippen LogP contribution in [0.1, 0.15) is 61.5 Å². The predicted octanol–water partition coefficient (Wildman–Crippen LogP) is 6.04. The van der Waals surface area contributed by atoms with Crippen LogP contribution in [0.25, 0.3) is 10.1 Å². The molecule has 104 valence electrons. The van der Waals surface area contributed by atoms with Crippen LogP contribution in [-0.4, -0.2) is 5.78 Å².